The maximum absolute atomic E-state index is 13.1. The van der Waals surface area contributed by atoms with Gasteiger partial charge in [0.25, 0.3) is 11.5 Å². The van der Waals surface area contributed by atoms with Crippen LogP contribution < -0.4 is 15.6 Å². The molecule has 0 spiro atoms. The second-order valence-electron chi connectivity index (χ2n) is 8.00. The van der Waals surface area contributed by atoms with E-state index >= 15 is 0 Å². The minimum atomic E-state index is -1.04. The highest BCUT2D eigenvalue weighted by molar-refractivity contribution is 7.20. The number of nitrogens with one attached hydrogen (secondary N) is 1. The van der Waals surface area contributed by atoms with Crippen LogP contribution in [0.5, 0.6) is 5.75 Å². The van der Waals surface area contributed by atoms with E-state index in [1.165, 1.54) is 6.92 Å². The van der Waals surface area contributed by atoms with Crippen LogP contribution in [-0.4, -0.2) is 34.1 Å². The molecule has 1 N–H and O–H groups in total. The van der Waals surface area contributed by atoms with E-state index in [2.05, 4.69) is 10.3 Å². The van der Waals surface area contributed by atoms with Crippen LogP contribution in [0.3, 0.4) is 0 Å². The minimum absolute atomic E-state index is 0.108. The molecule has 0 bridgehead atoms. The third-order valence-electron chi connectivity index (χ3n) is 5.69. The van der Waals surface area contributed by atoms with Gasteiger partial charge in [0.05, 0.1) is 17.7 Å². The molecule has 1 amide bonds. The molecule has 174 valence electrons. The van der Waals surface area contributed by atoms with E-state index in [1.807, 2.05) is 13.0 Å². The van der Waals surface area contributed by atoms with E-state index in [4.69, 9.17) is 9.47 Å². The van der Waals surface area contributed by atoms with E-state index in [0.717, 1.165) is 42.8 Å². The molecule has 2 aromatic heterocycles. The average molecular weight is 470 g/mol. The Balaban J connectivity index is 1.54. The van der Waals surface area contributed by atoms with Crippen LogP contribution in [0.1, 0.15) is 54.2 Å². The van der Waals surface area contributed by atoms with Crippen LogP contribution in [0.25, 0.3) is 10.2 Å². The zero-order chi connectivity index (χ0) is 23.5. The summed E-state index contributed by atoms with van der Waals surface area (Å²) in [4.78, 5) is 44.2. The predicted octanol–water partition coefficient (Wildman–Crippen LogP) is 4.08. The van der Waals surface area contributed by atoms with Crippen molar-refractivity contribution < 1.29 is 19.1 Å². The number of anilines is 1. The Hall–Kier alpha value is -3.20. The van der Waals surface area contributed by atoms with Gasteiger partial charge in [-0.3, -0.25) is 14.2 Å². The number of hydrogen-bond acceptors (Lipinski definition) is 7. The standard InChI is InChI=1S/C24H27N3O5S/c1-4-31-17-11-8-7-10-16(17)25-21(28)15(3)32-24(30)20-14(2)19-22(33-20)26-18-12-6-5-9-13-27(18)23(19)29/h7-8,10-11,15H,4-6,9,12-13H2,1-3H3,(H,25,28). The van der Waals surface area contributed by atoms with Gasteiger partial charge >= 0.3 is 5.97 Å². The molecule has 1 aliphatic heterocycles. The Bertz CT molecular complexity index is 1260. The molecule has 1 unspecified atom stereocenters. The van der Waals surface area contributed by atoms with Gasteiger partial charge in [-0.25, -0.2) is 9.78 Å². The molecule has 8 nitrogen and oxygen atoms in total. The van der Waals surface area contributed by atoms with Crippen LogP contribution >= 0.6 is 11.3 Å². The van der Waals surface area contributed by atoms with Gasteiger partial charge in [0, 0.05) is 13.0 Å². The Morgan fingerprint density at radius 3 is 2.82 bits per heavy atom. The summed E-state index contributed by atoms with van der Waals surface area (Å²) < 4.78 is 12.7. The number of hydrogen-bond donors (Lipinski definition) is 1. The monoisotopic (exact) mass is 469 g/mol. The number of esters is 1. The number of para-hydroxylation sites is 2. The number of carbonyl (C=O) groups is 2. The highest BCUT2D eigenvalue weighted by atomic mass is 32.1. The second-order valence-corrected chi connectivity index (χ2v) is 9.00. The van der Waals surface area contributed by atoms with Crippen molar-refractivity contribution in [1.29, 1.82) is 0 Å². The highest BCUT2D eigenvalue weighted by Crippen LogP contribution is 2.29. The number of benzene rings is 1. The van der Waals surface area contributed by atoms with E-state index in [9.17, 15) is 14.4 Å². The third kappa shape index (κ3) is 4.64. The van der Waals surface area contributed by atoms with Gasteiger partial charge in [-0.15, -0.1) is 11.3 Å². The lowest BCUT2D eigenvalue weighted by atomic mass is 10.2. The maximum Gasteiger partial charge on any atom is 0.349 e. The third-order valence-corrected chi connectivity index (χ3v) is 6.86. The normalized spacial score (nSPS) is 14.3. The van der Waals surface area contributed by atoms with E-state index in [0.29, 0.717) is 45.2 Å². The summed E-state index contributed by atoms with van der Waals surface area (Å²) >= 11 is 1.14. The summed E-state index contributed by atoms with van der Waals surface area (Å²) in [6, 6.07) is 7.06. The first-order valence-corrected chi connectivity index (χ1v) is 12.0. The smallest absolute Gasteiger partial charge is 0.349 e. The van der Waals surface area contributed by atoms with Crippen LogP contribution in [-0.2, 0) is 22.5 Å². The molecule has 4 rings (SSSR count). The lowest BCUT2D eigenvalue weighted by molar-refractivity contribution is -0.123. The Labute approximate surface area is 195 Å². The van der Waals surface area contributed by atoms with Crippen LogP contribution in [0.15, 0.2) is 29.1 Å². The van der Waals surface area contributed by atoms with Gasteiger partial charge in [0.2, 0.25) is 0 Å². The lowest BCUT2D eigenvalue weighted by Gasteiger charge is -2.15. The van der Waals surface area contributed by atoms with E-state index < -0.39 is 18.0 Å². The first-order chi connectivity index (χ1) is 15.9. The van der Waals surface area contributed by atoms with Gasteiger partial charge in [0.1, 0.15) is 21.3 Å². The molecular weight excluding hydrogens is 442 g/mol. The molecule has 3 heterocycles. The summed E-state index contributed by atoms with van der Waals surface area (Å²) in [5, 5.41) is 3.20. The average Bonchev–Trinajstić information content (AvgIpc) is 2.95. The molecule has 0 saturated carbocycles. The molecule has 1 aromatic carbocycles. The van der Waals surface area contributed by atoms with E-state index in [-0.39, 0.29) is 5.56 Å². The number of aromatic nitrogens is 2. The molecule has 0 radical (unpaired) electrons. The number of thiophene rings is 1. The number of amides is 1. The van der Waals surface area contributed by atoms with Gasteiger partial charge < -0.3 is 14.8 Å². The van der Waals surface area contributed by atoms with Gasteiger partial charge in [-0.2, -0.15) is 0 Å². The SMILES string of the molecule is CCOc1ccccc1NC(=O)C(C)OC(=O)c1sc2nc3n(c(=O)c2c1C)CCCCC3. The van der Waals surface area contributed by atoms with Crippen molar-refractivity contribution in [2.24, 2.45) is 0 Å². The first kappa shape index (κ1) is 23.0. The van der Waals surface area contributed by atoms with Crippen LogP contribution in [0, 0.1) is 6.92 Å². The predicted molar refractivity (Wildman–Crippen MR) is 127 cm³/mol. The van der Waals surface area contributed by atoms with Crippen molar-refractivity contribution in [2.75, 3.05) is 11.9 Å². The zero-order valence-electron chi connectivity index (χ0n) is 19.0. The maximum atomic E-state index is 13.1. The number of aryl methyl sites for hydroxylation is 2. The van der Waals surface area contributed by atoms with Gasteiger partial charge in [-0.05, 0) is 51.3 Å². The molecule has 0 fully saturated rings. The Morgan fingerprint density at radius 2 is 2.03 bits per heavy atom. The van der Waals surface area contributed by atoms with Crippen molar-refractivity contribution in [3.8, 4) is 5.75 Å². The largest absolute Gasteiger partial charge is 0.492 e. The van der Waals surface area contributed by atoms with Gasteiger partial charge in [0.15, 0.2) is 6.10 Å². The summed E-state index contributed by atoms with van der Waals surface area (Å²) in [5.74, 6) is 0.195. The van der Waals surface area contributed by atoms with Crippen molar-refractivity contribution in [3.63, 3.8) is 0 Å². The van der Waals surface area contributed by atoms with E-state index in [1.54, 1.807) is 29.7 Å². The van der Waals surface area contributed by atoms with Gasteiger partial charge in [-0.1, -0.05) is 18.6 Å². The van der Waals surface area contributed by atoms with Crippen LogP contribution in [0.2, 0.25) is 0 Å². The van der Waals surface area contributed by atoms with Crippen molar-refractivity contribution in [1.82, 2.24) is 9.55 Å². The molecule has 0 aliphatic carbocycles. The Morgan fingerprint density at radius 1 is 1.24 bits per heavy atom. The van der Waals surface area contributed by atoms with Crippen molar-refractivity contribution in [2.45, 2.75) is 59.1 Å². The fourth-order valence-corrected chi connectivity index (χ4v) is 5.03. The second kappa shape index (κ2) is 9.74. The molecule has 3 aromatic rings. The molecule has 1 atom stereocenters. The number of rotatable bonds is 6. The summed E-state index contributed by atoms with van der Waals surface area (Å²) in [7, 11) is 0. The quantitative estimate of drug-likeness (QED) is 0.546. The lowest BCUT2D eigenvalue weighted by Crippen LogP contribution is -2.30. The molecular formula is C24H27N3O5S. The summed E-state index contributed by atoms with van der Waals surface area (Å²) in [6.07, 6.45) is 2.72. The Kier molecular flexibility index (Phi) is 6.78. The zero-order valence-corrected chi connectivity index (χ0v) is 19.8. The molecule has 33 heavy (non-hydrogen) atoms. The topological polar surface area (TPSA) is 99.5 Å². The number of carbonyl (C=O) groups excluding carboxylic acids is 2. The van der Waals surface area contributed by atoms with Crippen molar-refractivity contribution in [3.05, 3.63) is 50.9 Å². The molecule has 9 heteroatoms. The minimum Gasteiger partial charge on any atom is -0.492 e. The van der Waals surface area contributed by atoms with Crippen molar-refractivity contribution >= 4 is 39.1 Å². The molecule has 1 aliphatic rings. The summed E-state index contributed by atoms with van der Waals surface area (Å²) in [5.41, 5.74) is 0.943. The molecule has 0 saturated heterocycles. The highest BCUT2D eigenvalue weighted by Gasteiger charge is 2.26. The number of nitrogens with zero attached hydrogens (tertiary/aromatic N) is 2. The summed E-state index contributed by atoms with van der Waals surface area (Å²) in [6.45, 7) is 6.20. The fraction of sp³-hybridized carbons (Fsp3) is 0.417. The number of fused-ring (bicyclic) bond motifs is 2. The fourth-order valence-electron chi connectivity index (χ4n) is 3.96. The first-order valence-electron chi connectivity index (χ1n) is 11.2. The number of ether oxygens (including phenoxy) is 2. The van der Waals surface area contributed by atoms with Crippen LogP contribution in [0.4, 0.5) is 5.69 Å².